The molecule has 0 aliphatic carbocycles. The Bertz CT molecular complexity index is 1210. The number of hydrogen-bond donors (Lipinski definition) is 0. The summed E-state index contributed by atoms with van der Waals surface area (Å²) in [6.45, 7) is 3.35. The maximum atomic E-state index is 12.8. The molecule has 0 unspecified atom stereocenters. The maximum Gasteiger partial charge on any atom is 0.357 e. The zero-order valence-corrected chi connectivity index (χ0v) is 20.0. The van der Waals surface area contributed by atoms with Crippen molar-refractivity contribution in [3.63, 3.8) is 0 Å². The predicted octanol–water partition coefficient (Wildman–Crippen LogP) is 4.20. The molecule has 10 heteroatoms. The van der Waals surface area contributed by atoms with E-state index in [2.05, 4.69) is 21.0 Å². The van der Waals surface area contributed by atoms with Crippen LogP contribution in [0.5, 0.6) is 11.5 Å². The third kappa shape index (κ3) is 4.90. The van der Waals surface area contributed by atoms with Gasteiger partial charge in [-0.05, 0) is 47.1 Å². The summed E-state index contributed by atoms with van der Waals surface area (Å²) >= 11 is 3.44. The van der Waals surface area contributed by atoms with Crippen LogP contribution >= 0.6 is 15.9 Å². The van der Waals surface area contributed by atoms with Crippen molar-refractivity contribution in [1.29, 1.82) is 0 Å². The smallest absolute Gasteiger partial charge is 0.357 e. The van der Waals surface area contributed by atoms with Gasteiger partial charge in [-0.25, -0.2) is 14.3 Å². The largest absolute Gasteiger partial charge is 0.490 e. The number of nitrogens with zero attached hydrogens (tertiary/aromatic N) is 2. The zero-order chi connectivity index (χ0) is 24.1. The van der Waals surface area contributed by atoms with E-state index in [1.807, 2.05) is 6.07 Å². The van der Waals surface area contributed by atoms with Crippen LogP contribution in [0.2, 0.25) is 0 Å². The number of carbonyl (C=O) groups excluding carboxylic acids is 3. The fraction of sp³-hybridized carbons (Fsp3) is 0.217. The molecule has 0 bridgehead atoms. The SMILES string of the molecule is CCOc1cc(-c2nn(-c3ccccc3)c(C(=O)OC)c2C(=O)OC)c(Br)cc1OC(C)=O. The molecule has 0 aliphatic heterocycles. The zero-order valence-electron chi connectivity index (χ0n) is 18.4. The molecule has 0 spiro atoms. The lowest BCUT2D eigenvalue weighted by Gasteiger charge is -2.13. The number of para-hydroxylation sites is 1. The molecule has 1 heterocycles. The maximum absolute atomic E-state index is 12.8. The summed E-state index contributed by atoms with van der Waals surface area (Å²) < 4.78 is 22.5. The van der Waals surface area contributed by atoms with Gasteiger partial charge in [-0.1, -0.05) is 18.2 Å². The summed E-state index contributed by atoms with van der Waals surface area (Å²) in [4.78, 5) is 37.1. The normalized spacial score (nSPS) is 10.5. The lowest BCUT2D eigenvalue weighted by Crippen LogP contribution is -2.15. The van der Waals surface area contributed by atoms with Crippen LogP contribution < -0.4 is 9.47 Å². The van der Waals surface area contributed by atoms with Gasteiger partial charge in [-0.3, -0.25) is 4.79 Å². The highest BCUT2D eigenvalue weighted by atomic mass is 79.9. The van der Waals surface area contributed by atoms with Gasteiger partial charge in [0.25, 0.3) is 0 Å². The quantitative estimate of drug-likeness (QED) is 0.339. The summed E-state index contributed by atoms with van der Waals surface area (Å²) in [7, 11) is 2.42. The summed E-state index contributed by atoms with van der Waals surface area (Å²) in [5.41, 5.74) is 0.908. The first kappa shape index (κ1) is 24.0. The minimum Gasteiger partial charge on any atom is -0.490 e. The Morgan fingerprint density at radius 1 is 1.00 bits per heavy atom. The molecule has 0 radical (unpaired) electrons. The molecule has 0 saturated heterocycles. The fourth-order valence-corrected chi connectivity index (χ4v) is 3.67. The molecular weight excluding hydrogens is 496 g/mol. The molecular formula is C23H21BrN2O7. The van der Waals surface area contributed by atoms with E-state index in [9.17, 15) is 14.4 Å². The number of rotatable bonds is 7. The van der Waals surface area contributed by atoms with E-state index in [4.69, 9.17) is 18.9 Å². The first-order valence-electron chi connectivity index (χ1n) is 9.82. The molecule has 0 atom stereocenters. The standard InChI is InChI=1S/C23H21BrN2O7/c1-5-32-17-11-15(16(24)12-18(17)33-13(2)27)20-19(22(28)30-3)21(23(29)31-4)26(25-20)14-9-7-6-8-10-14/h6-12H,5H2,1-4H3. The van der Waals surface area contributed by atoms with Crippen molar-refractivity contribution in [3.05, 3.63) is 58.2 Å². The van der Waals surface area contributed by atoms with Crippen LogP contribution in [-0.4, -0.2) is 48.5 Å². The monoisotopic (exact) mass is 516 g/mol. The molecule has 172 valence electrons. The predicted molar refractivity (Wildman–Crippen MR) is 122 cm³/mol. The van der Waals surface area contributed by atoms with Gasteiger partial charge in [-0.2, -0.15) is 5.10 Å². The molecule has 2 aromatic carbocycles. The average Bonchev–Trinajstić information content (AvgIpc) is 3.20. The Kier molecular flexibility index (Phi) is 7.49. The number of aromatic nitrogens is 2. The molecule has 0 N–H and O–H groups in total. The molecule has 0 amide bonds. The Labute approximate surface area is 198 Å². The highest BCUT2D eigenvalue weighted by Crippen LogP contribution is 2.41. The summed E-state index contributed by atoms with van der Waals surface area (Å²) in [5.74, 6) is -1.62. The second kappa shape index (κ2) is 10.3. The van der Waals surface area contributed by atoms with Crippen LogP contribution in [0.4, 0.5) is 0 Å². The first-order valence-corrected chi connectivity index (χ1v) is 10.6. The molecule has 3 rings (SSSR count). The first-order chi connectivity index (χ1) is 15.8. The van der Waals surface area contributed by atoms with Crippen LogP contribution in [0.25, 0.3) is 16.9 Å². The van der Waals surface area contributed by atoms with E-state index in [-0.39, 0.29) is 28.5 Å². The van der Waals surface area contributed by atoms with Gasteiger partial charge in [0.05, 0.1) is 26.5 Å². The van der Waals surface area contributed by atoms with Gasteiger partial charge in [0.2, 0.25) is 0 Å². The number of esters is 3. The van der Waals surface area contributed by atoms with Crippen molar-refractivity contribution in [1.82, 2.24) is 9.78 Å². The van der Waals surface area contributed by atoms with Crippen molar-refractivity contribution in [2.45, 2.75) is 13.8 Å². The Morgan fingerprint density at radius 3 is 2.24 bits per heavy atom. The highest BCUT2D eigenvalue weighted by molar-refractivity contribution is 9.10. The van der Waals surface area contributed by atoms with E-state index in [1.54, 1.807) is 37.3 Å². The lowest BCUT2D eigenvalue weighted by molar-refractivity contribution is -0.132. The molecule has 33 heavy (non-hydrogen) atoms. The van der Waals surface area contributed by atoms with Gasteiger partial charge in [0.15, 0.2) is 17.2 Å². The Balaban J connectivity index is 2.36. The lowest BCUT2D eigenvalue weighted by atomic mass is 10.0. The summed E-state index contributed by atoms with van der Waals surface area (Å²) in [6.07, 6.45) is 0. The minimum absolute atomic E-state index is 0.0865. The van der Waals surface area contributed by atoms with Crippen LogP contribution in [0.15, 0.2) is 46.9 Å². The molecule has 1 aromatic heterocycles. The van der Waals surface area contributed by atoms with Crippen LogP contribution in [0, 0.1) is 0 Å². The molecule has 9 nitrogen and oxygen atoms in total. The Hall–Kier alpha value is -3.66. The summed E-state index contributed by atoms with van der Waals surface area (Å²) in [5, 5.41) is 4.56. The highest BCUT2D eigenvalue weighted by Gasteiger charge is 2.32. The number of halogens is 1. The van der Waals surface area contributed by atoms with E-state index in [1.165, 1.54) is 31.9 Å². The minimum atomic E-state index is -0.776. The molecule has 0 fully saturated rings. The van der Waals surface area contributed by atoms with E-state index < -0.39 is 17.9 Å². The van der Waals surface area contributed by atoms with Crippen molar-refractivity contribution in [3.8, 4) is 28.4 Å². The number of benzene rings is 2. The van der Waals surface area contributed by atoms with Gasteiger partial charge in [0, 0.05) is 17.0 Å². The number of carbonyl (C=O) groups is 3. The van der Waals surface area contributed by atoms with E-state index in [0.717, 1.165) is 0 Å². The van der Waals surface area contributed by atoms with E-state index in [0.29, 0.717) is 22.3 Å². The molecule has 3 aromatic rings. The van der Waals surface area contributed by atoms with Crippen LogP contribution in [-0.2, 0) is 14.3 Å². The van der Waals surface area contributed by atoms with Crippen molar-refractivity contribution in [2.75, 3.05) is 20.8 Å². The van der Waals surface area contributed by atoms with E-state index >= 15 is 0 Å². The Morgan fingerprint density at radius 2 is 1.67 bits per heavy atom. The van der Waals surface area contributed by atoms with Crippen molar-refractivity contribution >= 4 is 33.8 Å². The average molecular weight is 517 g/mol. The van der Waals surface area contributed by atoms with Gasteiger partial charge in [-0.15, -0.1) is 0 Å². The third-order valence-electron chi connectivity index (χ3n) is 4.50. The second-order valence-corrected chi connectivity index (χ2v) is 7.46. The van der Waals surface area contributed by atoms with Crippen LogP contribution in [0.3, 0.4) is 0 Å². The molecule has 0 aliphatic rings. The van der Waals surface area contributed by atoms with Gasteiger partial charge in [0.1, 0.15) is 11.3 Å². The number of ether oxygens (including phenoxy) is 4. The van der Waals surface area contributed by atoms with Gasteiger partial charge < -0.3 is 18.9 Å². The van der Waals surface area contributed by atoms with Crippen molar-refractivity contribution in [2.24, 2.45) is 0 Å². The van der Waals surface area contributed by atoms with Crippen molar-refractivity contribution < 1.29 is 33.3 Å². The number of methoxy groups -OCH3 is 2. The third-order valence-corrected chi connectivity index (χ3v) is 5.15. The van der Waals surface area contributed by atoms with Crippen LogP contribution in [0.1, 0.15) is 34.7 Å². The fourth-order valence-electron chi connectivity index (χ4n) is 3.16. The molecule has 0 saturated carbocycles. The summed E-state index contributed by atoms with van der Waals surface area (Å²) in [6, 6.07) is 11.9. The number of hydrogen-bond acceptors (Lipinski definition) is 8. The topological polar surface area (TPSA) is 106 Å². The van der Waals surface area contributed by atoms with Gasteiger partial charge >= 0.3 is 17.9 Å². The second-order valence-electron chi connectivity index (χ2n) is 6.61.